The van der Waals surface area contributed by atoms with Gasteiger partial charge in [0.05, 0.1) is 13.2 Å². The highest BCUT2D eigenvalue weighted by Crippen LogP contribution is 2.31. The largest absolute Gasteiger partial charge is 0.421 e. The maximum atomic E-state index is 11.9. The van der Waals surface area contributed by atoms with E-state index in [1.54, 1.807) is 0 Å². The van der Waals surface area contributed by atoms with Crippen LogP contribution in [0.15, 0.2) is 0 Å². The summed E-state index contributed by atoms with van der Waals surface area (Å²) in [4.78, 5) is 23.8. The van der Waals surface area contributed by atoms with E-state index >= 15 is 0 Å². The normalized spacial score (nSPS) is 46.9. The van der Waals surface area contributed by atoms with Gasteiger partial charge in [0.2, 0.25) is 0 Å². The first kappa shape index (κ1) is 24.7. The summed E-state index contributed by atoms with van der Waals surface area (Å²) in [6.45, 7) is -2.03. The molecule has 30 heavy (non-hydrogen) atoms. The zero-order valence-corrected chi connectivity index (χ0v) is 15.0. The van der Waals surface area contributed by atoms with E-state index < -0.39 is 85.9 Å². The van der Waals surface area contributed by atoms with Gasteiger partial charge in [-0.1, -0.05) is 0 Å². The molecule has 0 spiro atoms. The molecular weight excluding hydrogens is 424 g/mol. The Morgan fingerprint density at radius 1 is 0.667 bits per heavy atom. The van der Waals surface area contributed by atoms with Gasteiger partial charge >= 0.3 is 23.9 Å². The molecule has 2 saturated heterocycles. The van der Waals surface area contributed by atoms with Crippen molar-refractivity contribution in [2.24, 2.45) is 0 Å². The first-order valence-electron chi connectivity index (χ1n) is 8.38. The second-order valence-corrected chi connectivity index (χ2v) is 6.57. The minimum atomic E-state index is -3.46. The Bertz CT molecular complexity index is 585. The molecule has 174 valence electrons. The van der Waals surface area contributed by atoms with Gasteiger partial charge in [0, 0.05) is 0 Å². The quantitative estimate of drug-likeness (QED) is 0.109. The molecule has 0 saturated carbocycles. The average Bonchev–Trinajstić information content (AvgIpc) is 2.70. The molecule has 10 atom stereocenters. The lowest BCUT2D eigenvalue weighted by Gasteiger charge is -2.44. The monoisotopic (exact) mass is 446 g/mol. The number of carbonyl (C=O) groups is 2. The lowest BCUT2D eigenvalue weighted by atomic mass is 9.98. The highest BCUT2D eigenvalue weighted by molar-refractivity contribution is 6.29. The third kappa shape index (κ3) is 4.40. The summed E-state index contributed by atoms with van der Waals surface area (Å²) >= 11 is 0. The van der Waals surface area contributed by atoms with Gasteiger partial charge < -0.3 is 70.0 Å². The standard InChI is InChI=1S/C14H22O16/c15-1-3-5(17)7(19)9(21)13(25,27-3)29-11(23)12(24)30-14(26)10(22)8(20)6(18)4(2-16)28-14/h3-10,15-22,25-26H,1-2H2/t3-,4-,5-,6-,7+,8+,9+,10+,13+,14+/m1/s1. The van der Waals surface area contributed by atoms with Gasteiger partial charge in [-0.05, 0) is 0 Å². The van der Waals surface area contributed by atoms with Crippen LogP contribution in [0.4, 0.5) is 0 Å². The summed E-state index contributed by atoms with van der Waals surface area (Å²) in [7, 11) is 0. The predicted octanol–water partition coefficient (Wildman–Crippen LogP) is -7.69. The lowest BCUT2D eigenvalue weighted by Crippen LogP contribution is -2.68. The SMILES string of the molecule is O=C(O[C@@]1(O)O[C@H](CO)[C@@H](O)[C@H](O)[C@@H]1O)C(=O)O[C@@]1(O)O[C@H](CO)[C@@H](O)[C@H](O)[C@@H]1O. The predicted molar refractivity (Wildman–Crippen MR) is 82.0 cm³/mol. The van der Waals surface area contributed by atoms with Gasteiger partial charge in [0.15, 0.2) is 12.2 Å². The maximum absolute atomic E-state index is 11.9. The van der Waals surface area contributed by atoms with E-state index in [2.05, 4.69) is 18.9 Å². The van der Waals surface area contributed by atoms with Crippen LogP contribution in [-0.2, 0) is 28.5 Å². The van der Waals surface area contributed by atoms with E-state index in [0.29, 0.717) is 0 Å². The van der Waals surface area contributed by atoms with Crippen molar-refractivity contribution < 1.29 is 79.6 Å². The van der Waals surface area contributed by atoms with Gasteiger partial charge in [-0.25, -0.2) is 9.59 Å². The third-order valence-electron chi connectivity index (χ3n) is 4.50. The van der Waals surface area contributed by atoms with Gasteiger partial charge in [-0.2, -0.15) is 0 Å². The second kappa shape index (κ2) is 8.91. The molecule has 2 aliphatic rings. The molecule has 2 rings (SSSR count). The van der Waals surface area contributed by atoms with E-state index in [1.165, 1.54) is 0 Å². The molecule has 0 bridgehead atoms. The van der Waals surface area contributed by atoms with Crippen molar-refractivity contribution in [1.82, 2.24) is 0 Å². The van der Waals surface area contributed by atoms with Crippen LogP contribution in [0.2, 0.25) is 0 Å². The molecule has 0 radical (unpaired) electrons. The molecule has 0 amide bonds. The first-order chi connectivity index (χ1) is 13.8. The molecule has 0 aliphatic carbocycles. The number of ether oxygens (including phenoxy) is 4. The van der Waals surface area contributed by atoms with Crippen LogP contribution < -0.4 is 0 Å². The number of carbonyl (C=O) groups excluding carboxylic acids is 2. The Hall–Kier alpha value is -1.54. The van der Waals surface area contributed by atoms with Crippen molar-refractivity contribution in [3.8, 4) is 0 Å². The highest BCUT2D eigenvalue weighted by atomic mass is 16.9. The molecule has 0 aromatic carbocycles. The van der Waals surface area contributed by atoms with Gasteiger partial charge in [0.1, 0.15) is 36.6 Å². The Morgan fingerprint density at radius 2 is 0.967 bits per heavy atom. The van der Waals surface area contributed by atoms with Crippen molar-refractivity contribution in [3.63, 3.8) is 0 Å². The van der Waals surface area contributed by atoms with Crippen LogP contribution in [0, 0.1) is 0 Å². The van der Waals surface area contributed by atoms with Crippen molar-refractivity contribution >= 4 is 11.9 Å². The minimum absolute atomic E-state index is 1.02. The fraction of sp³-hybridized carbons (Fsp3) is 0.857. The molecule has 10 N–H and O–H groups in total. The Balaban J connectivity index is 2.13. The summed E-state index contributed by atoms with van der Waals surface area (Å²) in [5.41, 5.74) is 0. The van der Waals surface area contributed by atoms with Gasteiger partial charge in [-0.3, -0.25) is 0 Å². The highest BCUT2D eigenvalue weighted by Gasteiger charge is 2.59. The van der Waals surface area contributed by atoms with Crippen LogP contribution in [-0.4, -0.2) is 137 Å². The third-order valence-corrected chi connectivity index (χ3v) is 4.50. The van der Waals surface area contributed by atoms with Crippen LogP contribution in [0.25, 0.3) is 0 Å². The number of hydrogen-bond acceptors (Lipinski definition) is 16. The van der Waals surface area contributed by atoms with Crippen LogP contribution in [0.1, 0.15) is 0 Å². The van der Waals surface area contributed by atoms with Crippen molar-refractivity contribution in [3.05, 3.63) is 0 Å². The van der Waals surface area contributed by atoms with E-state index in [4.69, 9.17) is 10.2 Å². The Kier molecular flexibility index (Phi) is 7.34. The first-order valence-corrected chi connectivity index (χ1v) is 8.38. The fourth-order valence-electron chi connectivity index (χ4n) is 2.77. The maximum Gasteiger partial charge on any atom is 0.421 e. The Morgan fingerprint density at radius 3 is 1.23 bits per heavy atom. The second-order valence-electron chi connectivity index (χ2n) is 6.57. The van der Waals surface area contributed by atoms with Crippen molar-refractivity contribution in [2.45, 2.75) is 60.8 Å². The average molecular weight is 446 g/mol. The van der Waals surface area contributed by atoms with Crippen molar-refractivity contribution in [2.75, 3.05) is 13.2 Å². The van der Waals surface area contributed by atoms with E-state index in [0.717, 1.165) is 0 Å². The summed E-state index contributed by atoms with van der Waals surface area (Å²) < 4.78 is 17.6. The van der Waals surface area contributed by atoms with Crippen LogP contribution >= 0.6 is 0 Å². The summed E-state index contributed by atoms with van der Waals surface area (Å²) in [5.74, 6) is -11.3. The van der Waals surface area contributed by atoms with Crippen molar-refractivity contribution in [1.29, 1.82) is 0 Å². The zero-order valence-electron chi connectivity index (χ0n) is 15.0. The number of rotatable bonds is 4. The number of hydrogen-bond donors (Lipinski definition) is 10. The molecule has 16 heteroatoms. The molecule has 0 unspecified atom stereocenters. The van der Waals surface area contributed by atoms with Crippen LogP contribution in [0.3, 0.4) is 0 Å². The molecule has 2 aliphatic heterocycles. The van der Waals surface area contributed by atoms with Gasteiger partial charge in [0.25, 0.3) is 0 Å². The smallest absolute Gasteiger partial charge is 0.397 e. The molecule has 2 fully saturated rings. The minimum Gasteiger partial charge on any atom is -0.397 e. The number of esters is 2. The number of aliphatic hydroxyl groups excluding tert-OH is 8. The summed E-state index contributed by atoms with van der Waals surface area (Å²) in [5, 5.41) is 96.2. The van der Waals surface area contributed by atoms with Crippen LogP contribution in [0.5, 0.6) is 0 Å². The zero-order chi connectivity index (χ0) is 23.0. The molecule has 16 nitrogen and oxygen atoms in total. The van der Waals surface area contributed by atoms with E-state index in [1.807, 2.05) is 0 Å². The molecule has 0 aromatic rings. The van der Waals surface area contributed by atoms with E-state index in [9.17, 15) is 50.4 Å². The molecule has 0 aromatic heterocycles. The summed E-state index contributed by atoms with van der Waals surface area (Å²) in [6.07, 6.45) is -16.8. The topological polar surface area (TPSA) is 273 Å². The fourth-order valence-corrected chi connectivity index (χ4v) is 2.77. The molecule has 2 heterocycles. The summed E-state index contributed by atoms with van der Waals surface area (Å²) in [6, 6.07) is 0. The number of aliphatic hydroxyl groups is 10. The Labute approximate surface area is 166 Å². The lowest BCUT2D eigenvalue weighted by molar-refractivity contribution is -0.441. The van der Waals surface area contributed by atoms with Gasteiger partial charge in [-0.15, -0.1) is 0 Å². The molecular formula is C14H22O16. The van der Waals surface area contributed by atoms with E-state index in [-0.39, 0.29) is 0 Å².